The Labute approximate surface area is 149 Å². The third-order valence-electron chi connectivity index (χ3n) is 3.97. The molecule has 0 aliphatic rings. The number of aromatic nitrogens is 1. The topological polar surface area (TPSA) is 45.1 Å². The molecule has 0 aliphatic heterocycles. The van der Waals surface area contributed by atoms with E-state index in [1.807, 2.05) is 78.9 Å². The van der Waals surface area contributed by atoms with Gasteiger partial charge in [0, 0.05) is 10.6 Å². The Morgan fingerprint density at radius 3 is 2.08 bits per heavy atom. The molecule has 4 heteroatoms. The van der Waals surface area contributed by atoms with Gasteiger partial charge in [-0.15, -0.1) is 0 Å². The van der Waals surface area contributed by atoms with Crippen molar-refractivity contribution in [3.8, 4) is 11.4 Å². The molecule has 0 spiro atoms. The Bertz CT molecular complexity index is 1090. The van der Waals surface area contributed by atoms with E-state index in [4.69, 9.17) is 0 Å². The van der Waals surface area contributed by atoms with Crippen molar-refractivity contribution in [2.24, 2.45) is 0 Å². The van der Waals surface area contributed by atoms with Gasteiger partial charge in [-0.1, -0.05) is 72.1 Å². The van der Waals surface area contributed by atoms with Gasteiger partial charge in [0.05, 0.1) is 10.4 Å². The van der Waals surface area contributed by atoms with Crippen LogP contribution in [0.2, 0.25) is 0 Å². The highest BCUT2D eigenvalue weighted by molar-refractivity contribution is 7.99. The molecule has 0 saturated heterocycles. The van der Waals surface area contributed by atoms with Crippen molar-refractivity contribution < 1.29 is 5.11 Å². The number of rotatable bonds is 3. The zero-order chi connectivity index (χ0) is 17.2. The van der Waals surface area contributed by atoms with Crippen LogP contribution in [0.3, 0.4) is 0 Å². The van der Waals surface area contributed by atoms with Crippen LogP contribution in [0.15, 0.2) is 99.5 Å². The molecule has 4 aromatic rings. The zero-order valence-corrected chi connectivity index (χ0v) is 14.1. The van der Waals surface area contributed by atoms with Crippen molar-refractivity contribution in [2.45, 2.75) is 9.79 Å². The first-order chi connectivity index (χ1) is 12.3. The average Bonchev–Trinajstić information content (AvgIpc) is 2.67. The van der Waals surface area contributed by atoms with Crippen LogP contribution in [0.1, 0.15) is 0 Å². The number of pyridine rings is 1. The summed E-state index contributed by atoms with van der Waals surface area (Å²) in [5.74, 6) is -0.221. The summed E-state index contributed by atoms with van der Waals surface area (Å²) in [4.78, 5) is 14.2. The van der Waals surface area contributed by atoms with Crippen LogP contribution in [0, 0.1) is 0 Å². The summed E-state index contributed by atoms with van der Waals surface area (Å²) < 4.78 is 1.61. The van der Waals surface area contributed by atoms with Crippen LogP contribution < -0.4 is 10.7 Å². The van der Waals surface area contributed by atoms with E-state index in [0.717, 1.165) is 10.6 Å². The van der Waals surface area contributed by atoms with Gasteiger partial charge in [-0.25, -0.2) is 0 Å². The Morgan fingerprint density at radius 1 is 0.760 bits per heavy atom. The van der Waals surface area contributed by atoms with Gasteiger partial charge in [0.1, 0.15) is 0 Å². The highest BCUT2D eigenvalue weighted by atomic mass is 32.2. The van der Waals surface area contributed by atoms with Gasteiger partial charge >= 0.3 is 0 Å². The molecule has 0 fully saturated rings. The van der Waals surface area contributed by atoms with Gasteiger partial charge in [0.15, 0.2) is 0 Å². The minimum absolute atomic E-state index is 0.216. The molecule has 0 N–H and O–H groups in total. The molecule has 0 unspecified atom stereocenters. The standard InChI is InChI=1S/C21H15NO2S/c23-19-17-13-7-8-14-18(17)22(15-9-3-1-4-10-15)21(24)20(19)25-16-11-5-2-6-12-16/h1-14,23H/p-1. The van der Waals surface area contributed by atoms with Crippen molar-refractivity contribution in [2.75, 3.05) is 0 Å². The van der Waals surface area contributed by atoms with Gasteiger partial charge in [-0.05, 0) is 35.7 Å². The molecule has 122 valence electrons. The van der Waals surface area contributed by atoms with Crippen LogP contribution in [0.5, 0.6) is 5.75 Å². The Kier molecular flexibility index (Phi) is 4.04. The highest BCUT2D eigenvalue weighted by Gasteiger charge is 2.13. The monoisotopic (exact) mass is 344 g/mol. The largest absolute Gasteiger partial charge is 0.871 e. The van der Waals surface area contributed by atoms with Crippen molar-refractivity contribution in [1.29, 1.82) is 0 Å². The normalized spacial score (nSPS) is 10.9. The van der Waals surface area contributed by atoms with E-state index in [9.17, 15) is 9.90 Å². The van der Waals surface area contributed by atoms with Crippen molar-refractivity contribution in [3.63, 3.8) is 0 Å². The van der Waals surface area contributed by atoms with Crippen molar-refractivity contribution in [1.82, 2.24) is 4.57 Å². The Morgan fingerprint density at radius 2 is 1.36 bits per heavy atom. The second-order valence-electron chi connectivity index (χ2n) is 5.57. The maximum Gasteiger partial charge on any atom is 0.269 e. The third-order valence-corrected chi connectivity index (χ3v) is 5.04. The first kappa shape index (κ1) is 15.5. The fourth-order valence-corrected chi connectivity index (χ4v) is 3.73. The second kappa shape index (κ2) is 6.49. The highest BCUT2D eigenvalue weighted by Crippen LogP contribution is 2.35. The lowest BCUT2D eigenvalue weighted by Gasteiger charge is -2.20. The van der Waals surface area contributed by atoms with E-state index < -0.39 is 0 Å². The van der Waals surface area contributed by atoms with E-state index >= 15 is 0 Å². The van der Waals surface area contributed by atoms with Crippen molar-refractivity contribution in [3.05, 3.63) is 95.3 Å². The molecule has 0 bridgehead atoms. The number of para-hydroxylation sites is 2. The number of nitrogens with zero attached hydrogens (tertiary/aromatic N) is 1. The molecular weight excluding hydrogens is 330 g/mol. The smallest absolute Gasteiger partial charge is 0.269 e. The van der Waals surface area contributed by atoms with Gasteiger partial charge < -0.3 is 5.11 Å². The van der Waals surface area contributed by atoms with E-state index in [1.54, 1.807) is 10.6 Å². The van der Waals surface area contributed by atoms with Crippen molar-refractivity contribution >= 4 is 22.7 Å². The summed E-state index contributed by atoms with van der Waals surface area (Å²) in [6, 6.07) is 26.1. The third kappa shape index (κ3) is 2.81. The van der Waals surface area contributed by atoms with Crippen LogP contribution in [0.4, 0.5) is 0 Å². The molecular formula is C21H14NO2S-. The summed E-state index contributed by atoms with van der Waals surface area (Å²) in [6.07, 6.45) is 0. The molecule has 0 atom stereocenters. The predicted octanol–water partition coefficient (Wildman–Crippen LogP) is 4.22. The van der Waals surface area contributed by atoms with Gasteiger partial charge in [0.2, 0.25) is 0 Å². The van der Waals surface area contributed by atoms with Gasteiger partial charge in [-0.2, -0.15) is 0 Å². The minimum Gasteiger partial charge on any atom is -0.871 e. The minimum atomic E-state index is -0.288. The van der Waals surface area contributed by atoms with Crippen LogP contribution in [-0.4, -0.2) is 4.57 Å². The molecule has 1 heterocycles. The Hall–Kier alpha value is -2.98. The maximum absolute atomic E-state index is 13.2. The number of hydrogen-bond donors (Lipinski definition) is 0. The first-order valence-electron chi connectivity index (χ1n) is 7.89. The lowest BCUT2D eigenvalue weighted by atomic mass is 10.2. The molecule has 1 aromatic heterocycles. The predicted molar refractivity (Wildman–Crippen MR) is 99.6 cm³/mol. The fourth-order valence-electron chi connectivity index (χ4n) is 2.82. The summed E-state index contributed by atoms with van der Waals surface area (Å²) in [5.41, 5.74) is 1.09. The Balaban J connectivity index is 2.03. The van der Waals surface area contributed by atoms with E-state index in [2.05, 4.69) is 0 Å². The SMILES string of the molecule is O=c1c(Sc2ccccc2)c([O-])c2ccccc2n1-c1ccccc1. The van der Waals surface area contributed by atoms with E-state index in [-0.39, 0.29) is 16.2 Å². The number of hydrogen-bond acceptors (Lipinski definition) is 3. The van der Waals surface area contributed by atoms with Gasteiger partial charge in [-0.3, -0.25) is 9.36 Å². The van der Waals surface area contributed by atoms with Gasteiger partial charge in [0.25, 0.3) is 5.56 Å². The summed E-state index contributed by atoms with van der Waals surface area (Å²) in [5, 5.41) is 13.4. The van der Waals surface area contributed by atoms with E-state index in [1.165, 1.54) is 11.8 Å². The number of benzene rings is 3. The molecule has 3 aromatic carbocycles. The summed E-state index contributed by atoms with van der Waals surface area (Å²) in [7, 11) is 0. The fraction of sp³-hybridized carbons (Fsp3) is 0. The first-order valence-corrected chi connectivity index (χ1v) is 8.70. The maximum atomic E-state index is 13.2. The zero-order valence-electron chi connectivity index (χ0n) is 13.3. The summed E-state index contributed by atoms with van der Waals surface area (Å²) >= 11 is 1.22. The molecule has 0 saturated carbocycles. The lowest BCUT2D eigenvalue weighted by Crippen LogP contribution is -2.22. The summed E-state index contributed by atoms with van der Waals surface area (Å²) in [6.45, 7) is 0. The molecule has 0 amide bonds. The molecule has 0 aliphatic carbocycles. The molecule has 25 heavy (non-hydrogen) atoms. The second-order valence-corrected chi connectivity index (χ2v) is 6.65. The number of fused-ring (bicyclic) bond motifs is 1. The molecule has 3 nitrogen and oxygen atoms in total. The average molecular weight is 344 g/mol. The van der Waals surface area contributed by atoms with E-state index in [0.29, 0.717) is 10.9 Å². The molecule has 4 rings (SSSR count). The van der Waals surface area contributed by atoms with Crippen LogP contribution in [0.25, 0.3) is 16.6 Å². The molecule has 0 radical (unpaired) electrons. The van der Waals surface area contributed by atoms with Crippen LogP contribution >= 0.6 is 11.8 Å². The quantitative estimate of drug-likeness (QED) is 0.559. The lowest BCUT2D eigenvalue weighted by molar-refractivity contribution is -0.270. The van der Waals surface area contributed by atoms with Crippen LogP contribution in [-0.2, 0) is 0 Å².